The summed E-state index contributed by atoms with van der Waals surface area (Å²) in [6.07, 6.45) is 2.54. The molecule has 0 aromatic heterocycles. The van der Waals surface area contributed by atoms with Crippen LogP contribution in [-0.4, -0.2) is 30.8 Å². The Kier molecular flexibility index (Phi) is 5.73. The molecule has 0 saturated carbocycles. The zero-order chi connectivity index (χ0) is 20.3. The molecule has 0 fully saturated rings. The zero-order valence-electron chi connectivity index (χ0n) is 15.4. The number of rotatable bonds is 5. The summed E-state index contributed by atoms with van der Waals surface area (Å²) in [5.74, 6) is -1.01. The van der Waals surface area contributed by atoms with Gasteiger partial charge in [-0.1, -0.05) is 12.1 Å². The van der Waals surface area contributed by atoms with Crippen molar-refractivity contribution in [3.8, 4) is 11.5 Å². The molecule has 0 N–H and O–H groups in total. The minimum atomic E-state index is -0.596. The fourth-order valence-corrected chi connectivity index (χ4v) is 3.13. The molecule has 1 atom stereocenters. The van der Waals surface area contributed by atoms with Gasteiger partial charge in [0.15, 0.2) is 17.3 Å². The first-order valence-corrected chi connectivity index (χ1v) is 8.61. The molecule has 7 heteroatoms. The van der Waals surface area contributed by atoms with Crippen LogP contribution in [0.3, 0.4) is 0 Å². The van der Waals surface area contributed by atoms with Gasteiger partial charge in [0.25, 0.3) is 0 Å². The Morgan fingerprint density at radius 3 is 2.39 bits per heavy atom. The van der Waals surface area contributed by atoms with Crippen molar-refractivity contribution < 1.29 is 27.8 Å². The molecule has 1 amide bonds. The van der Waals surface area contributed by atoms with Crippen LogP contribution in [0.25, 0.3) is 0 Å². The van der Waals surface area contributed by atoms with Crippen molar-refractivity contribution in [3.05, 3.63) is 71.4 Å². The highest BCUT2D eigenvalue weighted by Gasteiger charge is 2.29. The van der Waals surface area contributed by atoms with Crippen LogP contribution < -0.4 is 9.47 Å². The van der Waals surface area contributed by atoms with Crippen LogP contribution >= 0.6 is 0 Å². The Morgan fingerprint density at radius 2 is 1.75 bits per heavy atom. The molecule has 0 saturated heterocycles. The van der Waals surface area contributed by atoms with E-state index in [-0.39, 0.29) is 29.9 Å². The van der Waals surface area contributed by atoms with Crippen LogP contribution in [0, 0.1) is 11.6 Å². The molecular formula is C21H19F2NO4. The summed E-state index contributed by atoms with van der Waals surface area (Å²) >= 11 is 0. The molecule has 1 aliphatic heterocycles. The summed E-state index contributed by atoms with van der Waals surface area (Å²) in [6.45, 7) is 0. The first-order valence-electron chi connectivity index (χ1n) is 8.61. The molecular weight excluding hydrogens is 368 g/mol. The highest BCUT2D eigenvalue weighted by molar-refractivity contribution is 5.93. The van der Waals surface area contributed by atoms with E-state index in [2.05, 4.69) is 0 Å². The summed E-state index contributed by atoms with van der Waals surface area (Å²) < 4.78 is 37.8. The van der Waals surface area contributed by atoms with Gasteiger partial charge in [-0.3, -0.25) is 9.59 Å². The first kappa shape index (κ1) is 19.5. The number of hydrogen-bond donors (Lipinski definition) is 0. The van der Waals surface area contributed by atoms with Gasteiger partial charge in [0.05, 0.1) is 26.7 Å². The molecule has 0 spiro atoms. The summed E-state index contributed by atoms with van der Waals surface area (Å²) in [4.78, 5) is 26.1. The van der Waals surface area contributed by atoms with Gasteiger partial charge in [-0.2, -0.15) is 0 Å². The van der Waals surface area contributed by atoms with Crippen molar-refractivity contribution in [2.75, 3.05) is 14.2 Å². The molecule has 5 nitrogen and oxygen atoms in total. The Morgan fingerprint density at radius 1 is 1.11 bits per heavy atom. The maximum atomic E-state index is 14.4. The molecule has 2 aromatic carbocycles. The lowest BCUT2D eigenvalue weighted by atomic mass is 9.96. The fourth-order valence-electron chi connectivity index (χ4n) is 3.13. The second-order valence-electron chi connectivity index (χ2n) is 6.33. The number of methoxy groups -OCH3 is 2. The van der Waals surface area contributed by atoms with Crippen LogP contribution in [0.4, 0.5) is 8.78 Å². The normalized spacial score (nSPS) is 16.2. The lowest BCUT2D eigenvalue weighted by Gasteiger charge is -2.31. The highest BCUT2D eigenvalue weighted by atomic mass is 19.1. The van der Waals surface area contributed by atoms with E-state index in [4.69, 9.17) is 9.47 Å². The molecule has 2 aromatic rings. The van der Waals surface area contributed by atoms with Crippen LogP contribution in [0.15, 0.2) is 48.7 Å². The average molecular weight is 387 g/mol. The van der Waals surface area contributed by atoms with E-state index in [0.29, 0.717) is 11.3 Å². The maximum Gasteiger partial charge on any atom is 0.231 e. The molecule has 146 valence electrons. The second kappa shape index (κ2) is 8.21. The van der Waals surface area contributed by atoms with Crippen LogP contribution in [-0.2, 0) is 16.0 Å². The number of carbonyl (C=O) groups is 2. The number of nitrogens with zero attached hydrogens (tertiary/aromatic N) is 1. The van der Waals surface area contributed by atoms with E-state index in [1.165, 1.54) is 61.7 Å². The quantitative estimate of drug-likeness (QED) is 0.787. The van der Waals surface area contributed by atoms with Crippen LogP contribution in [0.1, 0.15) is 23.6 Å². The Bertz CT molecular complexity index is 925. The van der Waals surface area contributed by atoms with Crippen LogP contribution in [0.2, 0.25) is 0 Å². The molecule has 0 radical (unpaired) electrons. The number of hydrogen-bond acceptors (Lipinski definition) is 4. The number of ketones is 1. The van der Waals surface area contributed by atoms with E-state index in [1.54, 1.807) is 0 Å². The molecule has 0 unspecified atom stereocenters. The lowest BCUT2D eigenvalue weighted by Crippen LogP contribution is -2.35. The van der Waals surface area contributed by atoms with Gasteiger partial charge in [0.2, 0.25) is 5.91 Å². The third-order valence-electron chi connectivity index (χ3n) is 4.59. The molecule has 1 aliphatic rings. The van der Waals surface area contributed by atoms with E-state index in [1.807, 2.05) is 0 Å². The Labute approximate surface area is 161 Å². The largest absolute Gasteiger partial charge is 0.493 e. The first-order chi connectivity index (χ1) is 13.4. The maximum absolute atomic E-state index is 14.4. The number of halogens is 2. The third-order valence-corrected chi connectivity index (χ3v) is 4.59. The van der Waals surface area contributed by atoms with Gasteiger partial charge in [0, 0.05) is 24.3 Å². The number of ether oxygens (including phenoxy) is 2. The van der Waals surface area contributed by atoms with E-state index >= 15 is 0 Å². The molecule has 28 heavy (non-hydrogen) atoms. The minimum Gasteiger partial charge on any atom is -0.493 e. The standard InChI is InChI=1S/C21H19F2NO4/c1-27-19-9-14(17(23)12-20(19)28-2)10-21(26)24-8-7-16(25)11-18(24)13-3-5-15(22)6-4-13/h3-9,12,18H,10-11H2,1-2H3/t18-/m0/s1. The average Bonchev–Trinajstić information content (AvgIpc) is 2.69. The smallest absolute Gasteiger partial charge is 0.231 e. The number of carbonyl (C=O) groups excluding carboxylic acids is 2. The number of benzene rings is 2. The summed E-state index contributed by atoms with van der Waals surface area (Å²) in [5.41, 5.74) is 0.769. The Balaban J connectivity index is 1.88. The van der Waals surface area contributed by atoms with Gasteiger partial charge in [-0.05, 0) is 29.8 Å². The molecule has 0 bridgehead atoms. The zero-order valence-corrected chi connectivity index (χ0v) is 15.4. The summed E-state index contributed by atoms with van der Waals surface area (Å²) in [5, 5.41) is 0. The van der Waals surface area contributed by atoms with Gasteiger partial charge >= 0.3 is 0 Å². The second-order valence-corrected chi connectivity index (χ2v) is 6.33. The van der Waals surface area contributed by atoms with Crippen molar-refractivity contribution >= 4 is 11.7 Å². The van der Waals surface area contributed by atoms with E-state index in [0.717, 1.165) is 6.07 Å². The summed E-state index contributed by atoms with van der Waals surface area (Å²) in [6, 6.07) is 7.61. The van der Waals surface area contributed by atoms with Gasteiger partial charge < -0.3 is 14.4 Å². The number of allylic oxidation sites excluding steroid dienone is 1. The topological polar surface area (TPSA) is 55.8 Å². The molecule has 0 aliphatic carbocycles. The number of amides is 1. The Hall–Kier alpha value is -3.22. The minimum absolute atomic E-state index is 0.0717. The van der Waals surface area contributed by atoms with Crippen LogP contribution in [0.5, 0.6) is 11.5 Å². The third kappa shape index (κ3) is 4.03. The summed E-state index contributed by atoms with van der Waals surface area (Å²) in [7, 11) is 2.82. The fraction of sp³-hybridized carbons (Fsp3) is 0.238. The SMILES string of the molecule is COc1cc(F)c(CC(=O)N2C=CC(=O)C[C@H]2c2ccc(F)cc2)cc1OC. The van der Waals surface area contributed by atoms with Gasteiger partial charge in [-0.15, -0.1) is 0 Å². The monoisotopic (exact) mass is 387 g/mol. The molecule has 1 heterocycles. The highest BCUT2D eigenvalue weighted by Crippen LogP contribution is 2.32. The lowest BCUT2D eigenvalue weighted by molar-refractivity contribution is -0.131. The van der Waals surface area contributed by atoms with Crippen molar-refractivity contribution in [2.45, 2.75) is 18.9 Å². The predicted octanol–water partition coefficient (Wildman–Crippen LogP) is 3.58. The van der Waals surface area contributed by atoms with Gasteiger partial charge in [-0.25, -0.2) is 8.78 Å². The molecule has 3 rings (SSSR count). The predicted molar refractivity (Wildman–Crippen MR) is 98.0 cm³/mol. The van der Waals surface area contributed by atoms with E-state index < -0.39 is 23.6 Å². The van der Waals surface area contributed by atoms with Crippen molar-refractivity contribution in [3.63, 3.8) is 0 Å². The van der Waals surface area contributed by atoms with Crippen molar-refractivity contribution in [1.29, 1.82) is 0 Å². The van der Waals surface area contributed by atoms with Crippen molar-refractivity contribution in [1.82, 2.24) is 4.90 Å². The van der Waals surface area contributed by atoms with Gasteiger partial charge in [0.1, 0.15) is 11.6 Å². The van der Waals surface area contributed by atoms with E-state index in [9.17, 15) is 18.4 Å². The van der Waals surface area contributed by atoms with Crippen molar-refractivity contribution in [2.24, 2.45) is 0 Å².